The van der Waals surface area contributed by atoms with E-state index in [2.05, 4.69) is 0 Å². The van der Waals surface area contributed by atoms with Gasteiger partial charge in [0.05, 0.1) is 29.4 Å². The number of imide groups is 1. The van der Waals surface area contributed by atoms with Gasteiger partial charge >= 0.3 is 0 Å². The van der Waals surface area contributed by atoms with Crippen LogP contribution < -0.4 is 9.80 Å². The maximum absolute atomic E-state index is 13.4. The summed E-state index contributed by atoms with van der Waals surface area (Å²) >= 11 is 0. The zero-order valence-electron chi connectivity index (χ0n) is 16.8. The fraction of sp³-hybridized carbons (Fsp3) is 0.217. The van der Waals surface area contributed by atoms with Crippen LogP contribution in [-0.4, -0.2) is 43.0 Å². The first kappa shape index (κ1) is 19.2. The molecule has 0 atom stereocenters. The number of hydrogen-bond donors (Lipinski definition) is 0. The Morgan fingerprint density at radius 2 is 1.68 bits per heavy atom. The average molecular weight is 417 g/mol. The van der Waals surface area contributed by atoms with Gasteiger partial charge in [0.15, 0.2) is 0 Å². The number of aryl methyl sites for hydroxylation is 1. The predicted octanol–water partition coefficient (Wildman–Crippen LogP) is 3.69. The van der Waals surface area contributed by atoms with Crippen molar-refractivity contribution >= 4 is 39.6 Å². The Labute approximate surface area is 177 Å². The molecule has 3 aromatic rings. The minimum absolute atomic E-state index is 0.145. The molecule has 5 rings (SSSR count). The molecule has 1 fully saturated rings. The van der Waals surface area contributed by atoms with Crippen molar-refractivity contribution in [2.75, 3.05) is 36.1 Å². The second kappa shape index (κ2) is 7.17. The molecule has 0 aliphatic carbocycles. The van der Waals surface area contributed by atoms with E-state index in [4.69, 9.17) is 4.74 Å². The SMILES string of the molecule is Cc1cccc(N2C(=O)c3cccc4c(N5CCOCC5)c([N+](=O)[O-])cc(c34)C2=O)c1. The van der Waals surface area contributed by atoms with Gasteiger partial charge in [0.1, 0.15) is 5.69 Å². The van der Waals surface area contributed by atoms with Gasteiger partial charge in [-0.3, -0.25) is 19.7 Å². The van der Waals surface area contributed by atoms with Gasteiger partial charge in [-0.1, -0.05) is 24.3 Å². The van der Waals surface area contributed by atoms with E-state index in [-0.39, 0.29) is 11.3 Å². The van der Waals surface area contributed by atoms with Crippen molar-refractivity contribution in [3.8, 4) is 0 Å². The molecule has 8 heteroatoms. The largest absolute Gasteiger partial charge is 0.378 e. The summed E-state index contributed by atoms with van der Waals surface area (Å²) in [7, 11) is 0. The quantitative estimate of drug-likeness (QED) is 0.367. The molecule has 2 amide bonds. The number of morpholine rings is 1. The molecular weight excluding hydrogens is 398 g/mol. The summed E-state index contributed by atoms with van der Waals surface area (Å²) in [5.74, 6) is -0.994. The lowest BCUT2D eigenvalue weighted by molar-refractivity contribution is -0.384. The highest BCUT2D eigenvalue weighted by Gasteiger charge is 2.38. The van der Waals surface area contributed by atoms with Gasteiger partial charge in [0, 0.05) is 35.5 Å². The molecule has 0 unspecified atom stereocenters. The fourth-order valence-corrected chi connectivity index (χ4v) is 4.40. The third-order valence-corrected chi connectivity index (χ3v) is 5.76. The molecule has 2 aliphatic heterocycles. The van der Waals surface area contributed by atoms with Gasteiger partial charge in [0.25, 0.3) is 17.5 Å². The van der Waals surface area contributed by atoms with Crippen LogP contribution in [0.15, 0.2) is 48.5 Å². The van der Waals surface area contributed by atoms with Crippen LogP contribution in [0.25, 0.3) is 10.8 Å². The van der Waals surface area contributed by atoms with Crippen molar-refractivity contribution in [3.05, 3.63) is 75.3 Å². The topological polar surface area (TPSA) is 93.0 Å². The van der Waals surface area contributed by atoms with Gasteiger partial charge < -0.3 is 9.64 Å². The number of rotatable bonds is 3. The number of nitro groups is 1. The van der Waals surface area contributed by atoms with Crippen molar-refractivity contribution in [1.82, 2.24) is 0 Å². The summed E-state index contributed by atoms with van der Waals surface area (Å²) in [6.07, 6.45) is 0. The van der Waals surface area contributed by atoms with Gasteiger partial charge in [0.2, 0.25) is 0 Å². The maximum Gasteiger partial charge on any atom is 0.293 e. The van der Waals surface area contributed by atoms with Crippen LogP contribution in [0.1, 0.15) is 26.3 Å². The number of nitrogens with zero attached hydrogens (tertiary/aromatic N) is 3. The number of anilines is 2. The minimum atomic E-state index is -0.559. The molecular formula is C23H19N3O5. The van der Waals surface area contributed by atoms with E-state index in [1.807, 2.05) is 17.9 Å². The zero-order valence-corrected chi connectivity index (χ0v) is 16.8. The summed E-state index contributed by atoms with van der Waals surface area (Å²) < 4.78 is 5.39. The third-order valence-electron chi connectivity index (χ3n) is 5.76. The van der Waals surface area contributed by atoms with E-state index in [0.717, 1.165) is 10.5 Å². The van der Waals surface area contributed by atoms with E-state index in [9.17, 15) is 19.7 Å². The van der Waals surface area contributed by atoms with Gasteiger partial charge in [-0.2, -0.15) is 0 Å². The summed E-state index contributed by atoms with van der Waals surface area (Å²) in [4.78, 5) is 41.3. The molecule has 2 aliphatic rings. The molecule has 0 bridgehead atoms. The van der Waals surface area contributed by atoms with Crippen LogP contribution in [0.5, 0.6) is 0 Å². The molecule has 2 heterocycles. The van der Waals surface area contributed by atoms with E-state index in [1.165, 1.54) is 6.07 Å². The number of carbonyl (C=O) groups is 2. The lowest BCUT2D eigenvalue weighted by Gasteiger charge is -2.32. The lowest BCUT2D eigenvalue weighted by Crippen LogP contribution is -2.41. The van der Waals surface area contributed by atoms with Crippen molar-refractivity contribution in [1.29, 1.82) is 0 Å². The standard InChI is InChI=1S/C23H19N3O5/c1-14-4-2-5-15(12-14)25-22(27)17-7-3-6-16-20(17)18(23(25)28)13-19(26(29)30)21(16)24-8-10-31-11-9-24/h2-7,12-13H,8-11H2,1H3. The molecule has 0 N–H and O–H groups in total. The van der Waals surface area contributed by atoms with Gasteiger partial charge in [-0.05, 0) is 30.7 Å². The molecule has 8 nitrogen and oxygen atoms in total. The smallest absolute Gasteiger partial charge is 0.293 e. The number of amides is 2. The summed E-state index contributed by atoms with van der Waals surface area (Å²) in [6.45, 7) is 3.78. The Morgan fingerprint density at radius 1 is 0.968 bits per heavy atom. The second-order valence-corrected chi connectivity index (χ2v) is 7.66. The lowest BCUT2D eigenvalue weighted by atomic mass is 9.91. The first-order chi connectivity index (χ1) is 15.0. The Bertz CT molecular complexity index is 1260. The summed E-state index contributed by atoms with van der Waals surface area (Å²) in [6, 6.07) is 13.5. The molecule has 1 saturated heterocycles. The highest BCUT2D eigenvalue weighted by atomic mass is 16.6. The predicted molar refractivity (Wildman–Crippen MR) is 116 cm³/mol. The molecule has 0 spiro atoms. The number of hydrogen-bond acceptors (Lipinski definition) is 6. The molecule has 3 aromatic carbocycles. The Balaban J connectivity index is 1.78. The molecule has 0 saturated carbocycles. The second-order valence-electron chi connectivity index (χ2n) is 7.66. The van der Waals surface area contributed by atoms with Crippen molar-refractivity contribution < 1.29 is 19.2 Å². The summed E-state index contributed by atoms with van der Waals surface area (Å²) in [5.41, 5.74) is 2.15. The van der Waals surface area contributed by atoms with Crippen molar-refractivity contribution in [2.24, 2.45) is 0 Å². The highest BCUT2D eigenvalue weighted by molar-refractivity contribution is 6.37. The normalized spacial score (nSPS) is 16.2. The number of benzene rings is 3. The van der Waals surface area contributed by atoms with Crippen LogP contribution >= 0.6 is 0 Å². The first-order valence-electron chi connectivity index (χ1n) is 9.99. The minimum Gasteiger partial charge on any atom is -0.378 e. The molecule has 31 heavy (non-hydrogen) atoms. The van der Waals surface area contributed by atoms with E-state index >= 15 is 0 Å². The number of carbonyl (C=O) groups excluding carboxylic acids is 2. The van der Waals surface area contributed by atoms with E-state index in [1.54, 1.807) is 36.4 Å². The highest BCUT2D eigenvalue weighted by Crippen LogP contribution is 2.43. The number of nitro benzene ring substituents is 1. The van der Waals surface area contributed by atoms with Gasteiger partial charge in [-0.25, -0.2) is 4.90 Å². The van der Waals surface area contributed by atoms with E-state index < -0.39 is 16.7 Å². The first-order valence-corrected chi connectivity index (χ1v) is 9.99. The molecule has 156 valence electrons. The van der Waals surface area contributed by atoms with Crippen LogP contribution in [-0.2, 0) is 4.74 Å². The summed E-state index contributed by atoms with van der Waals surface area (Å²) in [5, 5.41) is 13.0. The van der Waals surface area contributed by atoms with Crippen LogP contribution in [0, 0.1) is 17.0 Å². The monoisotopic (exact) mass is 417 g/mol. The van der Waals surface area contributed by atoms with E-state index in [0.29, 0.717) is 54.0 Å². The van der Waals surface area contributed by atoms with Crippen molar-refractivity contribution in [3.63, 3.8) is 0 Å². The maximum atomic E-state index is 13.4. The third kappa shape index (κ3) is 2.95. The van der Waals surface area contributed by atoms with Crippen LogP contribution in [0.4, 0.5) is 17.1 Å². The van der Waals surface area contributed by atoms with Gasteiger partial charge in [-0.15, -0.1) is 0 Å². The van der Waals surface area contributed by atoms with Crippen molar-refractivity contribution in [2.45, 2.75) is 6.92 Å². The number of ether oxygens (including phenoxy) is 1. The molecule has 0 aromatic heterocycles. The zero-order chi connectivity index (χ0) is 21.7. The Morgan fingerprint density at radius 3 is 2.39 bits per heavy atom. The fourth-order valence-electron chi connectivity index (χ4n) is 4.40. The Hall–Kier alpha value is -3.78. The van der Waals surface area contributed by atoms with Crippen LogP contribution in [0.3, 0.4) is 0 Å². The van der Waals surface area contributed by atoms with Crippen LogP contribution in [0.2, 0.25) is 0 Å². The Kier molecular flexibility index (Phi) is 4.44. The average Bonchev–Trinajstić information content (AvgIpc) is 2.77. The molecule has 0 radical (unpaired) electrons.